The lowest BCUT2D eigenvalue weighted by atomic mass is 10.2. The Kier molecular flexibility index (Phi) is 2.13. The van der Waals surface area contributed by atoms with E-state index in [1.807, 2.05) is 20.9 Å². The molecule has 0 unspecified atom stereocenters. The highest BCUT2D eigenvalue weighted by atomic mass is 14.9. The van der Waals surface area contributed by atoms with E-state index in [1.165, 1.54) is 5.56 Å². The van der Waals surface area contributed by atoms with Crippen LogP contribution in [0.3, 0.4) is 0 Å². The minimum absolute atomic E-state index is 1.07. The van der Waals surface area contributed by atoms with Crippen LogP contribution in [0, 0.1) is 20.8 Å². The molecule has 0 fully saturated rings. The van der Waals surface area contributed by atoms with Crippen LogP contribution in [0.15, 0.2) is 6.07 Å². The Bertz CT molecular complexity index is 267. The van der Waals surface area contributed by atoms with Crippen LogP contribution in [0.4, 0.5) is 5.69 Å². The number of hydrogen-bond acceptors (Lipinski definition) is 2. The van der Waals surface area contributed by atoms with Crippen LogP contribution < -0.4 is 5.32 Å². The van der Waals surface area contributed by atoms with Crippen molar-refractivity contribution in [2.24, 2.45) is 0 Å². The standard InChI is InChI=1S/C9H14N2/c1-6-5-9(10-4)8(3)11-7(6)2/h5,10H,1-4H3. The Hall–Kier alpha value is -1.05. The highest BCUT2D eigenvalue weighted by Crippen LogP contribution is 2.15. The van der Waals surface area contributed by atoms with Gasteiger partial charge in [-0.15, -0.1) is 0 Å². The largest absolute Gasteiger partial charge is 0.387 e. The van der Waals surface area contributed by atoms with E-state index >= 15 is 0 Å². The average Bonchev–Trinajstić information content (AvgIpc) is 1.97. The summed E-state index contributed by atoms with van der Waals surface area (Å²) in [5.74, 6) is 0. The molecule has 60 valence electrons. The lowest BCUT2D eigenvalue weighted by Crippen LogP contribution is -1.97. The Morgan fingerprint density at radius 2 is 1.82 bits per heavy atom. The number of rotatable bonds is 1. The number of nitrogens with one attached hydrogen (secondary N) is 1. The van der Waals surface area contributed by atoms with Crippen LogP contribution in [-0.2, 0) is 0 Å². The predicted octanol–water partition coefficient (Wildman–Crippen LogP) is 2.05. The number of pyridine rings is 1. The van der Waals surface area contributed by atoms with Gasteiger partial charge in [0.2, 0.25) is 0 Å². The van der Waals surface area contributed by atoms with Gasteiger partial charge in [-0.3, -0.25) is 4.98 Å². The van der Waals surface area contributed by atoms with E-state index < -0.39 is 0 Å². The second kappa shape index (κ2) is 2.91. The van der Waals surface area contributed by atoms with Crippen molar-refractivity contribution >= 4 is 5.69 Å². The van der Waals surface area contributed by atoms with Gasteiger partial charge in [-0.2, -0.15) is 0 Å². The van der Waals surface area contributed by atoms with Crippen molar-refractivity contribution in [1.29, 1.82) is 0 Å². The van der Waals surface area contributed by atoms with Crippen molar-refractivity contribution in [3.63, 3.8) is 0 Å². The number of anilines is 1. The number of aromatic nitrogens is 1. The van der Waals surface area contributed by atoms with Crippen LogP contribution >= 0.6 is 0 Å². The molecule has 1 aromatic heterocycles. The van der Waals surface area contributed by atoms with Crippen LogP contribution in [0.25, 0.3) is 0 Å². The summed E-state index contributed by atoms with van der Waals surface area (Å²) < 4.78 is 0. The van der Waals surface area contributed by atoms with Crippen molar-refractivity contribution in [1.82, 2.24) is 4.98 Å². The highest BCUT2D eigenvalue weighted by molar-refractivity contribution is 5.49. The number of aryl methyl sites for hydroxylation is 3. The topological polar surface area (TPSA) is 24.9 Å². The van der Waals surface area contributed by atoms with Gasteiger partial charge in [0.25, 0.3) is 0 Å². The maximum atomic E-state index is 4.38. The summed E-state index contributed by atoms with van der Waals surface area (Å²) in [6.07, 6.45) is 0. The van der Waals surface area contributed by atoms with E-state index in [1.54, 1.807) is 0 Å². The molecule has 1 N–H and O–H groups in total. The summed E-state index contributed by atoms with van der Waals surface area (Å²) in [5.41, 5.74) is 4.53. The summed E-state index contributed by atoms with van der Waals surface area (Å²) in [7, 11) is 1.92. The van der Waals surface area contributed by atoms with Gasteiger partial charge in [-0.25, -0.2) is 0 Å². The van der Waals surface area contributed by atoms with Gasteiger partial charge in [0.15, 0.2) is 0 Å². The Balaban J connectivity index is 3.21. The van der Waals surface area contributed by atoms with E-state index in [0.717, 1.165) is 17.1 Å². The monoisotopic (exact) mass is 150 g/mol. The summed E-state index contributed by atoms with van der Waals surface area (Å²) in [5, 5.41) is 3.10. The van der Waals surface area contributed by atoms with E-state index in [9.17, 15) is 0 Å². The molecule has 0 aromatic carbocycles. The maximum absolute atomic E-state index is 4.38. The van der Waals surface area contributed by atoms with Crippen molar-refractivity contribution in [2.45, 2.75) is 20.8 Å². The molecule has 0 spiro atoms. The van der Waals surface area contributed by atoms with E-state index in [2.05, 4.69) is 23.3 Å². The SMILES string of the molecule is CNc1cc(C)c(C)nc1C. The molecule has 11 heavy (non-hydrogen) atoms. The zero-order chi connectivity index (χ0) is 8.43. The van der Waals surface area contributed by atoms with Gasteiger partial charge >= 0.3 is 0 Å². The summed E-state index contributed by atoms with van der Waals surface area (Å²) in [4.78, 5) is 4.38. The molecule has 1 rings (SSSR count). The fraction of sp³-hybridized carbons (Fsp3) is 0.444. The summed E-state index contributed by atoms with van der Waals surface area (Å²) in [6, 6.07) is 2.12. The van der Waals surface area contributed by atoms with Gasteiger partial charge < -0.3 is 5.32 Å². The Labute approximate surface area is 67.7 Å². The molecule has 1 heterocycles. The molecule has 0 bridgehead atoms. The first-order valence-electron chi connectivity index (χ1n) is 3.77. The van der Waals surface area contributed by atoms with Crippen molar-refractivity contribution in [3.8, 4) is 0 Å². The summed E-state index contributed by atoms with van der Waals surface area (Å²) in [6.45, 7) is 6.11. The molecular weight excluding hydrogens is 136 g/mol. The smallest absolute Gasteiger partial charge is 0.0607 e. The lowest BCUT2D eigenvalue weighted by molar-refractivity contribution is 1.09. The number of nitrogens with zero attached hydrogens (tertiary/aromatic N) is 1. The minimum atomic E-state index is 1.07. The first-order valence-corrected chi connectivity index (χ1v) is 3.77. The minimum Gasteiger partial charge on any atom is -0.387 e. The molecule has 0 radical (unpaired) electrons. The van der Waals surface area contributed by atoms with Gasteiger partial charge in [0.05, 0.1) is 11.4 Å². The third kappa shape index (κ3) is 1.50. The van der Waals surface area contributed by atoms with Crippen LogP contribution in [0.1, 0.15) is 17.0 Å². The molecule has 0 saturated carbocycles. The number of hydrogen-bond donors (Lipinski definition) is 1. The average molecular weight is 150 g/mol. The van der Waals surface area contributed by atoms with Crippen molar-refractivity contribution < 1.29 is 0 Å². The van der Waals surface area contributed by atoms with Gasteiger partial charge in [-0.1, -0.05) is 0 Å². The molecule has 2 nitrogen and oxygen atoms in total. The van der Waals surface area contributed by atoms with Crippen LogP contribution in [0.2, 0.25) is 0 Å². The predicted molar refractivity (Wildman–Crippen MR) is 48.0 cm³/mol. The lowest BCUT2D eigenvalue weighted by Gasteiger charge is -2.07. The van der Waals surface area contributed by atoms with Gasteiger partial charge in [0.1, 0.15) is 0 Å². The molecule has 0 amide bonds. The quantitative estimate of drug-likeness (QED) is 0.662. The molecular formula is C9H14N2. The van der Waals surface area contributed by atoms with E-state index in [4.69, 9.17) is 0 Å². The molecule has 0 aliphatic heterocycles. The highest BCUT2D eigenvalue weighted by Gasteiger charge is 1.99. The zero-order valence-electron chi connectivity index (χ0n) is 7.52. The zero-order valence-corrected chi connectivity index (χ0v) is 7.52. The third-order valence-corrected chi connectivity index (χ3v) is 1.93. The Morgan fingerprint density at radius 1 is 1.18 bits per heavy atom. The second-order valence-corrected chi connectivity index (χ2v) is 2.77. The van der Waals surface area contributed by atoms with Crippen LogP contribution in [-0.4, -0.2) is 12.0 Å². The second-order valence-electron chi connectivity index (χ2n) is 2.77. The van der Waals surface area contributed by atoms with E-state index in [-0.39, 0.29) is 0 Å². The molecule has 0 atom stereocenters. The maximum Gasteiger partial charge on any atom is 0.0607 e. The summed E-state index contributed by atoms with van der Waals surface area (Å²) >= 11 is 0. The molecule has 1 aromatic rings. The third-order valence-electron chi connectivity index (χ3n) is 1.93. The fourth-order valence-electron chi connectivity index (χ4n) is 1.08. The van der Waals surface area contributed by atoms with Crippen molar-refractivity contribution in [2.75, 3.05) is 12.4 Å². The van der Waals surface area contributed by atoms with E-state index in [0.29, 0.717) is 0 Å². The van der Waals surface area contributed by atoms with Crippen LogP contribution in [0.5, 0.6) is 0 Å². The first-order chi connectivity index (χ1) is 5.15. The molecule has 0 aliphatic carbocycles. The normalized spacial score (nSPS) is 9.82. The van der Waals surface area contributed by atoms with Gasteiger partial charge in [0, 0.05) is 12.7 Å². The molecule has 2 heteroatoms. The first kappa shape index (κ1) is 8.05. The van der Waals surface area contributed by atoms with Crippen molar-refractivity contribution in [3.05, 3.63) is 23.0 Å². The van der Waals surface area contributed by atoms with Gasteiger partial charge in [-0.05, 0) is 32.4 Å². The molecule has 0 saturated heterocycles. The molecule has 0 aliphatic rings. The Morgan fingerprint density at radius 3 is 2.36 bits per heavy atom. The fourth-order valence-corrected chi connectivity index (χ4v) is 1.08.